The number of halogens is 1. The Morgan fingerprint density at radius 1 is 1.00 bits per heavy atom. The maximum absolute atomic E-state index is 13.3. The Kier molecular flexibility index (Phi) is 6.09. The Hall–Kier alpha value is -3.51. The molecular formula is C25H22FN3OS. The van der Waals surface area contributed by atoms with Crippen LogP contribution in [0.1, 0.15) is 16.7 Å². The normalized spacial score (nSPS) is 10.8. The van der Waals surface area contributed by atoms with E-state index in [2.05, 4.69) is 10.3 Å². The van der Waals surface area contributed by atoms with Crippen LogP contribution < -0.4 is 10.9 Å². The molecule has 4 nitrogen and oxygen atoms in total. The Labute approximate surface area is 185 Å². The van der Waals surface area contributed by atoms with Crippen LogP contribution in [0.5, 0.6) is 0 Å². The number of thiocarbonyl (C=S) groups is 1. The van der Waals surface area contributed by atoms with Gasteiger partial charge in [0.25, 0.3) is 5.56 Å². The second kappa shape index (κ2) is 9.10. The summed E-state index contributed by atoms with van der Waals surface area (Å²) in [6.45, 7) is 2.74. The summed E-state index contributed by atoms with van der Waals surface area (Å²) in [5.74, 6) is -0.290. The number of nitrogens with one attached hydrogen (secondary N) is 2. The van der Waals surface area contributed by atoms with E-state index in [9.17, 15) is 9.18 Å². The van der Waals surface area contributed by atoms with Crippen molar-refractivity contribution in [3.63, 3.8) is 0 Å². The molecule has 0 radical (unpaired) electrons. The maximum atomic E-state index is 13.3. The number of aromatic nitrogens is 1. The summed E-state index contributed by atoms with van der Waals surface area (Å²) in [7, 11) is 0. The smallest absolute Gasteiger partial charge is 0.253 e. The van der Waals surface area contributed by atoms with Crippen LogP contribution in [0, 0.1) is 12.7 Å². The summed E-state index contributed by atoms with van der Waals surface area (Å²) in [6.07, 6.45) is 0. The first-order chi connectivity index (χ1) is 15.0. The van der Waals surface area contributed by atoms with Crippen molar-refractivity contribution >= 4 is 33.9 Å². The van der Waals surface area contributed by atoms with Gasteiger partial charge in [0.1, 0.15) is 5.82 Å². The van der Waals surface area contributed by atoms with E-state index in [1.807, 2.05) is 66.4 Å². The van der Waals surface area contributed by atoms with Gasteiger partial charge in [-0.15, -0.1) is 0 Å². The van der Waals surface area contributed by atoms with Crippen LogP contribution in [-0.4, -0.2) is 15.0 Å². The van der Waals surface area contributed by atoms with Crippen molar-refractivity contribution in [2.75, 3.05) is 5.32 Å². The SMILES string of the molecule is Cc1ccc2cc(CN(Cc3ccc(F)cc3)C(=S)Nc3ccccc3)c(=O)[nH]c2c1. The van der Waals surface area contributed by atoms with Gasteiger partial charge in [0.15, 0.2) is 5.11 Å². The van der Waals surface area contributed by atoms with Crippen molar-refractivity contribution < 1.29 is 4.39 Å². The molecule has 2 N–H and O–H groups in total. The first-order valence-electron chi connectivity index (χ1n) is 9.96. The number of hydrogen-bond donors (Lipinski definition) is 2. The number of rotatable bonds is 5. The lowest BCUT2D eigenvalue weighted by atomic mass is 10.1. The first kappa shape index (κ1) is 20.8. The van der Waals surface area contributed by atoms with Gasteiger partial charge >= 0.3 is 0 Å². The second-order valence-corrected chi connectivity index (χ2v) is 7.88. The number of pyridine rings is 1. The van der Waals surface area contributed by atoms with Gasteiger partial charge in [-0.3, -0.25) is 4.79 Å². The van der Waals surface area contributed by atoms with Crippen molar-refractivity contribution in [1.82, 2.24) is 9.88 Å². The Bertz CT molecular complexity index is 1270. The minimum absolute atomic E-state index is 0.148. The number of aryl methyl sites for hydroxylation is 1. The molecule has 0 atom stereocenters. The molecule has 0 unspecified atom stereocenters. The molecule has 0 saturated heterocycles. The number of fused-ring (bicyclic) bond motifs is 1. The van der Waals surface area contributed by atoms with E-state index in [1.165, 1.54) is 12.1 Å². The highest BCUT2D eigenvalue weighted by Gasteiger charge is 2.15. The molecule has 0 aliphatic rings. The van der Waals surface area contributed by atoms with Crippen LogP contribution in [0.3, 0.4) is 0 Å². The Morgan fingerprint density at radius 2 is 1.74 bits per heavy atom. The fourth-order valence-corrected chi connectivity index (χ4v) is 3.66. The van der Waals surface area contributed by atoms with E-state index in [1.54, 1.807) is 12.1 Å². The molecule has 156 valence electrons. The number of anilines is 1. The van der Waals surface area contributed by atoms with E-state index in [4.69, 9.17) is 12.2 Å². The van der Waals surface area contributed by atoms with Crippen LogP contribution in [0.25, 0.3) is 10.9 Å². The highest BCUT2D eigenvalue weighted by molar-refractivity contribution is 7.80. The second-order valence-electron chi connectivity index (χ2n) is 7.49. The zero-order chi connectivity index (χ0) is 21.8. The zero-order valence-electron chi connectivity index (χ0n) is 17.1. The quantitative estimate of drug-likeness (QED) is 0.417. The molecular weight excluding hydrogens is 409 g/mol. The Morgan fingerprint density at radius 3 is 2.48 bits per heavy atom. The van der Waals surface area contributed by atoms with Gasteiger partial charge in [0.2, 0.25) is 0 Å². The van der Waals surface area contributed by atoms with E-state index < -0.39 is 0 Å². The highest BCUT2D eigenvalue weighted by atomic mass is 32.1. The van der Waals surface area contributed by atoms with Gasteiger partial charge in [-0.25, -0.2) is 4.39 Å². The topological polar surface area (TPSA) is 48.1 Å². The van der Waals surface area contributed by atoms with Crippen molar-refractivity contribution in [2.45, 2.75) is 20.0 Å². The van der Waals surface area contributed by atoms with Gasteiger partial charge in [-0.05, 0) is 72.1 Å². The van der Waals surface area contributed by atoms with E-state index in [-0.39, 0.29) is 11.4 Å². The van der Waals surface area contributed by atoms with Crippen molar-refractivity contribution in [3.05, 3.63) is 112 Å². The predicted molar refractivity (Wildman–Crippen MR) is 128 cm³/mol. The lowest BCUT2D eigenvalue weighted by molar-refractivity contribution is 0.411. The molecule has 4 aromatic rings. The number of nitrogens with zero attached hydrogens (tertiary/aromatic N) is 1. The lowest BCUT2D eigenvalue weighted by Gasteiger charge is -2.26. The summed E-state index contributed by atoms with van der Waals surface area (Å²) in [5, 5.41) is 4.68. The summed E-state index contributed by atoms with van der Waals surface area (Å²) in [4.78, 5) is 17.6. The number of hydrogen-bond acceptors (Lipinski definition) is 2. The first-order valence-corrected chi connectivity index (χ1v) is 10.4. The fourth-order valence-electron chi connectivity index (χ4n) is 3.42. The third-order valence-corrected chi connectivity index (χ3v) is 5.40. The van der Waals surface area contributed by atoms with Crippen molar-refractivity contribution in [1.29, 1.82) is 0 Å². The minimum atomic E-state index is -0.290. The molecule has 4 rings (SSSR count). The highest BCUT2D eigenvalue weighted by Crippen LogP contribution is 2.17. The lowest BCUT2D eigenvalue weighted by Crippen LogP contribution is -2.35. The largest absolute Gasteiger partial charge is 0.340 e. The molecule has 3 aromatic carbocycles. The molecule has 0 spiro atoms. The average Bonchev–Trinajstić information content (AvgIpc) is 2.76. The van der Waals surface area contributed by atoms with Gasteiger partial charge < -0.3 is 15.2 Å². The predicted octanol–water partition coefficient (Wildman–Crippen LogP) is 5.37. The molecule has 1 heterocycles. The van der Waals surface area contributed by atoms with E-state index in [0.717, 1.165) is 27.7 Å². The summed E-state index contributed by atoms with van der Waals surface area (Å²) in [6, 6.07) is 23.8. The number of benzene rings is 3. The number of aromatic amines is 1. The fraction of sp³-hybridized carbons (Fsp3) is 0.120. The molecule has 0 fully saturated rings. The molecule has 0 amide bonds. The van der Waals surface area contributed by atoms with Crippen LogP contribution in [0.2, 0.25) is 0 Å². The minimum Gasteiger partial charge on any atom is -0.340 e. The van der Waals surface area contributed by atoms with E-state index in [0.29, 0.717) is 23.8 Å². The Balaban J connectivity index is 1.64. The molecule has 0 aliphatic carbocycles. The van der Waals surface area contributed by atoms with Gasteiger partial charge in [-0.1, -0.05) is 42.5 Å². The average molecular weight is 432 g/mol. The number of H-pyrrole nitrogens is 1. The molecule has 0 bridgehead atoms. The molecule has 31 heavy (non-hydrogen) atoms. The van der Waals surface area contributed by atoms with Crippen LogP contribution >= 0.6 is 12.2 Å². The van der Waals surface area contributed by atoms with Gasteiger partial charge in [0.05, 0.1) is 6.54 Å². The summed E-state index contributed by atoms with van der Waals surface area (Å²) >= 11 is 5.67. The monoisotopic (exact) mass is 431 g/mol. The molecule has 0 saturated carbocycles. The van der Waals surface area contributed by atoms with Crippen LogP contribution in [0.4, 0.5) is 10.1 Å². The third kappa shape index (κ3) is 5.16. The molecule has 6 heteroatoms. The summed E-state index contributed by atoms with van der Waals surface area (Å²) < 4.78 is 13.3. The standard InChI is InChI=1S/C25H22FN3OS/c1-17-7-10-19-14-20(24(30)28-23(19)13-17)16-29(15-18-8-11-21(26)12-9-18)25(31)27-22-5-3-2-4-6-22/h2-14H,15-16H2,1H3,(H,27,31)(H,28,30). The molecule has 1 aromatic heterocycles. The van der Waals surface area contributed by atoms with Gasteiger partial charge in [-0.2, -0.15) is 0 Å². The van der Waals surface area contributed by atoms with Crippen LogP contribution in [-0.2, 0) is 13.1 Å². The summed E-state index contributed by atoms with van der Waals surface area (Å²) in [5.41, 5.74) is 4.11. The van der Waals surface area contributed by atoms with Gasteiger partial charge in [0, 0.05) is 23.3 Å². The molecule has 0 aliphatic heterocycles. The third-order valence-electron chi connectivity index (χ3n) is 5.04. The number of para-hydroxylation sites is 1. The maximum Gasteiger partial charge on any atom is 0.253 e. The van der Waals surface area contributed by atoms with Crippen molar-refractivity contribution in [2.24, 2.45) is 0 Å². The van der Waals surface area contributed by atoms with Crippen LogP contribution in [0.15, 0.2) is 83.7 Å². The van der Waals surface area contributed by atoms with Crippen molar-refractivity contribution in [3.8, 4) is 0 Å². The van der Waals surface area contributed by atoms with E-state index >= 15 is 0 Å². The zero-order valence-corrected chi connectivity index (χ0v) is 17.9.